The number of piperidine rings is 1. The predicted molar refractivity (Wildman–Crippen MR) is 110 cm³/mol. The fourth-order valence-corrected chi connectivity index (χ4v) is 3.91. The minimum Gasteiger partial charge on any atom is -0.461 e. The lowest BCUT2D eigenvalue weighted by atomic mass is 10.1. The van der Waals surface area contributed by atoms with E-state index in [9.17, 15) is 4.79 Å². The van der Waals surface area contributed by atoms with Crippen molar-refractivity contribution in [3.8, 4) is 11.5 Å². The number of carbonyl (C=O) groups is 1. The lowest BCUT2D eigenvalue weighted by Gasteiger charge is -2.25. The van der Waals surface area contributed by atoms with Gasteiger partial charge < -0.3 is 9.15 Å². The molecular formula is C21H20Cl2N2O3. The molecule has 0 atom stereocenters. The second-order valence-electron chi connectivity index (χ2n) is 6.90. The fraction of sp³-hybridized carbons (Fsp3) is 0.333. The summed E-state index contributed by atoms with van der Waals surface area (Å²) in [6.07, 6.45) is 3.73. The number of rotatable bonds is 5. The highest BCUT2D eigenvalue weighted by Crippen LogP contribution is 2.29. The van der Waals surface area contributed by atoms with E-state index >= 15 is 0 Å². The molecule has 0 radical (unpaired) electrons. The normalized spacial score (nSPS) is 15.1. The third-order valence-corrected chi connectivity index (χ3v) is 5.26. The van der Waals surface area contributed by atoms with Crippen LogP contribution in [0.2, 0.25) is 10.0 Å². The number of aromatic nitrogens is 1. The van der Waals surface area contributed by atoms with Gasteiger partial charge in [0.25, 0.3) is 0 Å². The Bertz CT molecular complexity index is 976. The third kappa shape index (κ3) is 4.49. The summed E-state index contributed by atoms with van der Waals surface area (Å²) in [6.45, 7) is 3.32. The summed E-state index contributed by atoms with van der Waals surface area (Å²) in [5.41, 5.74) is 2.28. The van der Waals surface area contributed by atoms with E-state index in [1.165, 1.54) is 19.3 Å². The van der Waals surface area contributed by atoms with Crippen LogP contribution < -0.4 is 0 Å². The van der Waals surface area contributed by atoms with Gasteiger partial charge in [0.1, 0.15) is 12.1 Å². The summed E-state index contributed by atoms with van der Waals surface area (Å²) in [6, 6.07) is 10.2. The van der Waals surface area contributed by atoms with Crippen LogP contribution in [0.5, 0.6) is 0 Å². The Morgan fingerprint density at radius 3 is 2.57 bits per heavy atom. The number of hydrogen-bond acceptors (Lipinski definition) is 5. The molecule has 28 heavy (non-hydrogen) atoms. The predicted octanol–water partition coefficient (Wildman–Crippen LogP) is 5.44. The van der Waals surface area contributed by atoms with Gasteiger partial charge in [-0.1, -0.05) is 29.6 Å². The first-order valence-corrected chi connectivity index (χ1v) is 10.1. The second kappa shape index (κ2) is 8.52. The average molecular weight is 419 g/mol. The summed E-state index contributed by atoms with van der Waals surface area (Å²) in [5, 5.41) is 1.01. The molecule has 1 aromatic heterocycles. The molecule has 0 amide bonds. The van der Waals surface area contributed by atoms with Gasteiger partial charge in [-0.2, -0.15) is 0 Å². The largest absolute Gasteiger partial charge is 0.461 e. The number of halogens is 2. The molecule has 1 aliphatic heterocycles. The van der Waals surface area contributed by atoms with Crippen molar-refractivity contribution in [3.05, 3.63) is 52.0 Å². The zero-order valence-electron chi connectivity index (χ0n) is 15.3. The molecule has 0 bridgehead atoms. The number of ether oxygens (including phenoxy) is 1. The Balaban J connectivity index is 1.45. The van der Waals surface area contributed by atoms with Crippen LogP contribution in [0.25, 0.3) is 22.6 Å². The maximum absolute atomic E-state index is 12.4. The van der Waals surface area contributed by atoms with Crippen LogP contribution in [0, 0.1) is 0 Å². The van der Waals surface area contributed by atoms with Crippen LogP contribution >= 0.6 is 23.2 Å². The Hall–Kier alpha value is -2.08. The Labute approximate surface area is 173 Å². The van der Waals surface area contributed by atoms with Crippen molar-refractivity contribution < 1.29 is 13.9 Å². The quantitative estimate of drug-likeness (QED) is 0.515. The number of hydrogen-bond donors (Lipinski definition) is 0. The molecule has 1 fully saturated rings. The first-order valence-electron chi connectivity index (χ1n) is 9.35. The first kappa shape index (κ1) is 19.2. The molecule has 4 rings (SSSR count). The van der Waals surface area contributed by atoms with E-state index in [0.29, 0.717) is 44.8 Å². The number of likely N-dealkylation sites (tertiary alicyclic amines) is 1. The molecular weight excluding hydrogens is 399 g/mol. The zero-order chi connectivity index (χ0) is 19.5. The molecule has 2 aromatic carbocycles. The van der Waals surface area contributed by atoms with Crippen molar-refractivity contribution in [3.63, 3.8) is 0 Å². The molecule has 7 heteroatoms. The highest BCUT2D eigenvalue weighted by atomic mass is 35.5. The van der Waals surface area contributed by atoms with Gasteiger partial charge >= 0.3 is 5.97 Å². The van der Waals surface area contributed by atoms with Crippen LogP contribution in [-0.2, 0) is 4.74 Å². The monoisotopic (exact) mass is 418 g/mol. The SMILES string of the molecule is O=C(OCCN1CCCCC1)c1ccc2nc(-c3cc(Cl)cc(Cl)c3)oc2c1. The topological polar surface area (TPSA) is 55.6 Å². The lowest BCUT2D eigenvalue weighted by molar-refractivity contribution is 0.0452. The summed E-state index contributed by atoms with van der Waals surface area (Å²) < 4.78 is 11.2. The number of carbonyl (C=O) groups excluding carboxylic acids is 1. The standard InChI is InChI=1S/C21H20Cl2N2O3/c22-16-10-15(11-17(23)13-16)20-24-18-5-4-14(12-19(18)28-20)21(26)27-9-8-25-6-2-1-3-7-25/h4-5,10-13H,1-3,6-9H2. The Morgan fingerprint density at radius 1 is 1.07 bits per heavy atom. The van der Waals surface area contributed by atoms with Crippen LogP contribution in [0.15, 0.2) is 40.8 Å². The van der Waals surface area contributed by atoms with Crippen molar-refractivity contribution in [2.75, 3.05) is 26.2 Å². The van der Waals surface area contributed by atoms with Gasteiger partial charge in [0, 0.05) is 22.2 Å². The Kier molecular flexibility index (Phi) is 5.85. The second-order valence-corrected chi connectivity index (χ2v) is 7.77. The van der Waals surface area contributed by atoms with Gasteiger partial charge in [-0.3, -0.25) is 4.90 Å². The number of esters is 1. The minimum atomic E-state index is -0.359. The van der Waals surface area contributed by atoms with Crippen molar-refractivity contribution >= 4 is 40.3 Å². The van der Waals surface area contributed by atoms with Crippen molar-refractivity contribution in [2.24, 2.45) is 0 Å². The summed E-state index contributed by atoms with van der Waals surface area (Å²) in [4.78, 5) is 19.1. The van der Waals surface area contributed by atoms with E-state index in [1.807, 2.05) is 0 Å². The number of nitrogens with zero attached hydrogens (tertiary/aromatic N) is 2. The van der Waals surface area contributed by atoms with Gasteiger partial charge in [-0.15, -0.1) is 0 Å². The van der Waals surface area contributed by atoms with Gasteiger partial charge in [0.05, 0.1) is 5.56 Å². The third-order valence-electron chi connectivity index (χ3n) is 4.82. The molecule has 3 aromatic rings. The van der Waals surface area contributed by atoms with Gasteiger partial charge in [0.2, 0.25) is 5.89 Å². The highest BCUT2D eigenvalue weighted by molar-refractivity contribution is 6.35. The van der Waals surface area contributed by atoms with Crippen molar-refractivity contribution in [2.45, 2.75) is 19.3 Å². The average Bonchev–Trinajstić information content (AvgIpc) is 3.11. The molecule has 1 aliphatic rings. The zero-order valence-corrected chi connectivity index (χ0v) is 16.8. The van der Waals surface area contributed by atoms with E-state index < -0.39 is 0 Å². The number of oxazole rings is 1. The summed E-state index contributed by atoms with van der Waals surface area (Å²) in [7, 11) is 0. The van der Waals surface area contributed by atoms with Crippen LogP contribution in [0.4, 0.5) is 0 Å². The van der Waals surface area contributed by atoms with Crippen molar-refractivity contribution in [1.29, 1.82) is 0 Å². The molecule has 0 spiro atoms. The molecule has 2 heterocycles. The smallest absolute Gasteiger partial charge is 0.338 e. The maximum Gasteiger partial charge on any atom is 0.338 e. The fourth-order valence-electron chi connectivity index (χ4n) is 3.39. The van der Waals surface area contributed by atoms with E-state index in [2.05, 4.69) is 9.88 Å². The lowest BCUT2D eigenvalue weighted by Crippen LogP contribution is -2.33. The van der Waals surface area contributed by atoms with E-state index in [-0.39, 0.29) is 5.97 Å². The number of fused-ring (bicyclic) bond motifs is 1. The summed E-state index contributed by atoms with van der Waals surface area (Å²) >= 11 is 12.1. The van der Waals surface area contributed by atoms with Gasteiger partial charge in [-0.25, -0.2) is 9.78 Å². The first-order chi connectivity index (χ1) is 13.6. The molecule has 146 valence electrons. The van der Waals surface area contributed by atoms with Crippen molar-refractivity contribution in [1.82, 2.24) is 9.88 Å². The minimum absolute atomic E-state index is 0.359. The molecule has 0 unspecified atom stereocenters. The van der Waals surface area contributed by atoms with Gasteiger partial charge in [-0.05, 0) is 62.3 Å². The van der Waals surface area contributed by atoms with Gasteiger partial charge in [0.15, 0.2) is 5.58 Å². The van der Waals surface area contributed by atoms with E-state index in [4.69, 9.17) is 32.4 Å². The van der Waals surface area contributed by atoms with E-state index in [0.717, 1.165) is 19.6 Å². The molecule has 0 N–H and O–H groups in total. The van der Waals surface area contributed by atoms with Crippen LogP contribution in [0.1, 0.15) is 29.6 Å². The summed E-state index contributed by atoms with van der Waals surface area (Å²) in [5.74, 6) is 0.0395. The van der Waals surface area contributed by atoms with Crippen LogP contribution in [-0.4, -0.2) is 42.1 Å². The van der Waals surface area contributed by atoms with E-state index in [1.54, 1.807) is 36.4 Å². The molecule has 1 saturated heterocycles. The Morgan fingerprint density at radius 2 is 1.82 bits per heavy atom. The maximum atomic E-state index is 12.4. The number of benzene rings is 2. The molecule has 0 saturated carbocycles. The van der Waals surface area contributed by atoms with Crippen LogP contribution in [0.3, 0.4) is 0 Å². The molecule has 0 aliphatic carbocycles. The highest BCUT2D eigenvalue weighted by Gasteiger charge is 2.15. The molecule has 5 nitrogen and oxygen atoms in total.